The molecule has 2 rings (SSSR count). The molecule has 1 aliphatic rings. The van der Waals surface area contributed by atoms with E-state index in [9.17, 15) is 4.79 Å². The molecule has 0 fully saturated rings. The lowest BCUT2D eigenvalue weighted by atomic mass is 10.0. The van der Waals surface area contributed by atoms with Gasteiger partial charge in [0, 0.05) is 5.92 Å². The lowest BCUT2D eigenvalue weighted by Crippen LogP contribution is -2.16. The molecule has 17 heavy (non-hydrogen) atoms. The highest BCUT2D eigenvalue weighted by Crippen LogP contribution is 2.13. The molecule has 0 saturated heterocycles. The van der Waals surface area contributed by atoms with Crippen LogP contribution in [0.4, 0.5) is 4.79 Å². The molecule has 1 aliphatic carbocycles. The number of hydrogen-bond donors (Lipinski definition) is 0. The minimum atomic E-state index is -0.654. The van der Waals surface area contributed by atoms with Gasteiger partial charge in [0.05, 0.1) is 0 Å². The monoisotopic (exact) mass is 230 g/mol. The summed E-state index contributed by atoms with van der Waals surface area (Å²) in [4.78, 5) is 11.4. The minimum Gasteiger partial charge on any atom is -0.433 e. The summed E-state index contributed by atoms with van der Waals surface area (Å²) in [5, 5.41) is 0. The SMILES string of the molecule is O=C(OCC1C=CC=CC1)Oc1ccccc1. The molecule has 0 aromatic heterocycles. The predicted molar refractivity (Wildman–Crippen MR) is 64.8 cm³/mol. The highest BCUT2D eigenvalue weighted by molar-refractivity contribution is 5.63. The van der Waals surface area contributed by atoms with E-state index < -0.39 is 6.16 Å². The second-order valence-electron chi connectivity index (χ2n) is 3.78. The fourth-order valence-electron chi connectivity index (χ4n) is 1.54. The Bertz CT molecular complexity index is 420. The fraction of sp³-hybridized carbons (Fsp3) is 0.214. The Kier molecular flexibility index (Phi) is 3.97. The average Bonchev–Trinajstić information content (AvgIpc) is 2.39. The fourth-order valence-corrected chi connectivity index (χ4v) is 1.54. The van der Waals surface area contributed by atoms with Crippen LogP contribution >= 0.6 is 0 Å². The highest BCUT2D eigenvalue weighted by Gasteiger charge is 2.10. The van der Waals surface area contributed by atoms with Crippen molar-refractivity contribution in [2.45, 2.75) is 6.42 Å². The van der Waals surface area contributed by atoms with Crippen molar-refractivity contribution in [1.82, 2.24) is 0 Å². The molecule has 1 unspecified atom stereocenters. The second-order valence-corrected chi connectivity index (χ2v) is 3.78. The molecule has 0 saturated carbocycles. The Balaban J connectivity index is 1.74. The molecule has 88 valence electrons. The molecule has 0 spiro atoms. The lowest BCUT2D eigenvalue weighted by Gasteiger charge is -2.12. The smallest absolute Gasteiger partial charge is 0.433 e. The van der Waals surface area contributed by atoms with Crippen LogP contribution in [0.2, 0.25) is 0 Å². The van der Waals surface area contributed by atoms with Gasteiger partial charge in [-0.3, -0.25) is 0 Å². The number of ether oxygens (including phenoxy) is 2. The van der Waals surface area contributed by atoms with E-state index >= 15 is 0 Å². The Morgan fingerprint density at radius 2 is 2.06 bits per heavy atom. The van der Waals surface area contributed by atoms with Crippen LogP contribution in [0.3, 0.4) is 0 Å². The van der Waals surface area contributed by atoms with Gasteiger partial charge in [0.2, 0.25) is 0 Å². The Morgan fingerprint density at radius 3 is 2.76 bits per heavy atom. The van der Waals surface area contributed by atoms with E-state index in [4.69, 9.17) is 9.47 Å². The van der Waals surface area contributed by atoms with Crippen LogP contribution in [-0.4, -0.2) is 12.8 Å². The van der Waals surface area contributed by atoms with Crippen molar-refractivity contribution in [2.24, 2.45) is 5.92 Å². The van der Waals surface area contributed by atoms with Crippen molar-refractivity contribution >= 4 is 6.16 Å². The van der Waals surface area contributed by atoms with Crippen LogP contribution in [0.25, 0.3) is 0 Å². The minimum absolute atomic E-state index is 0.253. The molecule has 0 amide bonds. The van der Waals surface area contributed by atoms with E-state index in [-0.39, 0.29) is 5.92 Å². The third-order valence-corrected chi connectivity index (χ3v) is 2.43. The molecule has 1 aromatic carbocycles. The van der Waals surface area contributed by atoms with Gasteiger partial charge < -0.3 is 9.47 Å². The molecule has 0 radical (unpaired) electrons. The number of allylic oxidation sites excluding steroid dienone is 3. The van der Waals surface area contributed by atoms with Crippen LogP contribution in [0.5, 0.6) is 5.75 Å². The van der Waals surface area contributed by atoms with Gasteiger partial charge in [-0.15, -0.1) is 0 Å². The van der Waals surface area contributed by atoms with Crippen molar-refractivity contribution in [3.8, 4) is 5.75 Å². The summed E-state index contributed by atoms with van der Waals surface area (Å²) in [5.74, 6) is 0.750. The number of para-hydroxylation sites is 1. The largest absolute Gasteiger partial charge is 0.513 e. The maximum absolute atomic E-state index is 11.4. The first kappa shape index (κ1) is 11.5. The lowest BCUT2D eigenvalue weighted by molar-refractivity contribution is 0.0899. The van der Waals surface area contributed by atoms with E-state index in [2.05, 4.69) is 6.08 Å². The maximum Gasteiger partial charge on any atom is 0.513 e. The third-order valence-electron chi connectivity index (χ3n) is 2.43. The Hall–Kier alpha value is -2.03. The van der Waals surface area contributed by atoms with Gasteiger partial charge in [-0.1, -0.05) is 42.5 Å². The first-order valence-corrected chi connectivity index (χ1v) is 5.57. The normalized spacial score (nSPS) is 17.8. The number of hydrogen-bond acceptors (Lipinski definition) is 3. The number of carbonyl (C=O) groups is 1. The standard InChI is InChI=1S/C14H14O3/c15-14(17-13-9-5-2-6-10-13)16-11-12-7-3-1-4-8-12/h1-7,9-10,12H,8,11H2. The van der Waals surface area contributed by atoms with Gasteiger partial charge in [0.1, 0.15) is 12.4 Å². The molecular formula is C14H14O3. The van der Waals surface area contributed by atoms with Gasteiger partial charge in [-0.2, -0.15) is 0 Å². The Labute approximate surface area is 100 Å². The van der Waals surface area contributed by atoms with Crippen LogP contribution in [0.1, 0.15) is 6.42 Å². The summed E-state index contributed by atoms with van der Waals surface area (Å²) >= 11 is 0. The van der Waals surface area contributed by atoms with Gasteiger partial charge in [-0.05, 0) is 18.6 Å². The highest BCUT2D eigenvalue weighted by atomic mass is 16.7. The van der Waals surface area contributed by atoms with Gasteiger partial charge in [0.25, 0.3) is 0 Å². The molecule has 1 aromatic rings. The van der Waals surface area contributed by atoms with E-state index in [1.807, 2.05) is 24.3 Å². The van der Waals surface area contributed by atoms with Crippen molar-refractivity contribution in [3.63, 3.8) is 0 Å². The van der Waals surface area contributed by atoms with Crippen LogP contribution in [-0.2, 0) is 4.74 Å². The van der Waals surface area contributed by atoms with E-state index in [1.54, 1.807) is 24.3 Å². The van der Waals surface area contributed by atoms with Gasteiger partial charge in [0.15, 0.2) is 0 Å². The quantitative estimate of drug-likeness (QED) is 0.590. The zero-order chi connectivity index (χ0) is 11.9. The van der Waals surface area contributed by atoms with Crippen molar-refractivity contribution in [2.75, 3.05) is 6.61 Å². The predicted octanol–water partition coefficient (Wildman–Crippen LogP) is 3.33. The number of carbonyl (C=O) groups excluding carboxylic acids is 1. The molecule has 0 heterocycles. The van der Waals surface area contributed by atoms with Crippen LogP contribution < -0.4 is 4.74 Å². The van der Waals surface area contributed by atoms with E-state index in [1.165, 1.54) is 0 Å². The Morgan fingerprint density at radius 1 is 1.24 bits per heavy atom. The zero-order valence-corrected chi connectivity index (χ0v) is 9.41. The summed E-state index contributed by atoms with van der Waals surface area (Å²) < 4.78 is 10.0. The maximum atomic E-state index is 11.4. The van der Waals surface area contributed by atoms with Crippen molar-refractivity contribution < 1.29 is 14.3 Å². The van der Waals surface area contributed by atoms with Gasteiger partial charge in [-0.25, -0.2) is 4.79 Å². The second kappa shape index (κ2) is 5.89. The first-order valence-electron chi connectivity index (χ1n) is 5.57. The van der Waals surface area contributed by atoms with E-state index in [0.29, 0.717) is 12.4 Å². The van der Waals surface area contributed by atoms with E-state index in [0.717, 1.165) is 6.42 Å². The molecule has 3 heteroatoms. The van der Waals surface area contributed by atoms with Crippen molar-refractivity contribution in [1.29, 1.82) is 0 Å². The van der Waals surface area contributed by atoms with Crippen molar-refractivity contribution in [3.05, 3.63) is 54.6 Å². The first-order chi connectivity index (χ1) is 8.34. The van der Waals surface area contributed by atoms with Gasteiger partial charge >= 0.3 is 6.16 Å². The molecule has 3 nitrogen and oxygen atoms in total. The average molecular weight is 230 g/mol. The topological polar surface area (TPSA) is 35.5 Å². The summed E-state index contributed by atoms with van der Waals surface area (Å²) in [7, 11) is 0. The number of benzene rings is 1. The van der Waals surface area contributed by atoms with Crippen LogP contribution in [0.15, 0.2) is 54.6 Å². The molecule has 0 bridgehead atoms. The summed E-state index contributed by atoms with van der Waals surface area (Å²) in [5.41, 5.74) is 0. The number of rotatable bonds is 3. The molecule has 0 N–H and O–H groups in total. The third kappa shape index (κ3) is 3.79. The molecular weight excluding hydrogens is 216 g/mol. The summed E-state index contributed by atoms with van der Waals surface area (Å²) in [6, 6.07) is 8.89. The summed E-state index contributed by atoms with van der Waals surface area (Å²) in [6.45, 7) is 0.354. The molecule has 0 aliphatic heterocycles. The summed E-state index contributed by atoms with van der Waals surface area (Å²) in [6.07, 6.45) is 8.26. The van der Waals surface area contributed by atoms with Crippen LogP contribution in [0, 0.1) is 5.92 Å². The molecule has 1 atom stereocenters. The zero-order valence-electron chi connectivity index (χ0n) is 9.41.